The van der Waals surface area contributed by atoms with Crippen LogP contribution in [0.3, 0.4) is 0 Å². The Morgan fingerprint density at radius 1 is 1.38 bits per heavy atom. The van der Waals surface area contributed by atoms with Crippen LogP contribution in [0, 0.1) is 0 Å². The van der Waals surface area contributed by atoms with Crippen LogP contribution in [-0.4, -0.2) is 60.8 Å². The summed E-state index contributed by atoms with van der Waals surface area (Å²) < 4.78 is 4.77. The minimum absolute atomic E-state index is 0.346. The van der Waals surface area contributed by atoms with Crippen LogP contribution in [-0.2, 0) is 4.74 Å². The van der Waals surface area contributed by atoms with Gasteiger partial charge in [0.1, 0.15) is 0 Å². The Kier molecular flexibility index (Phi) is 4.32. The highest BCUT2D eigenvalue weighted by Crippen LogP contribution is 2.29. The number of ether oxygens (including phenoxy) is 1. The summed E-state index contributed by atoms with van der Waals surface area (Å²) in [4.78, 5) is 26.7. The molecule has 0 bridgehead atoms. The van der Waals surface area contributed by atoms with Gasteiger partial charge in [0.2, 0.25) is 0 Å². The number of anilines is 1. The Morgan fingerprint density at radius 3 is 2.71 bits per heavy atom. The monoisotopic (exact) mass is 293 g/mol. The Bertz CT molecular complexity index is 561. The summed E-state index contributed by atoms with van der Waals surface area (Å²) in [6.45, 7) is 1.53. The van der Waals surface area contributed by atoms with Gasteiger partial charge in [0.25, 0.3) is 0 Å². The van der Waals surface area contributed by atoms with Gasteiger partial charge in [0.15, 0.2) is 0 Å². The fraction of sp³-hybridized carbons (Fsp3) is 0.429. The predicted octanol–water partition coefficient (Wildman–Crippen LogP) is 1.02. The third-order valence-corrected chi connectivity index (χ3v) is 3.67. The van der Waals surface area contributed by atoms with E-state index in [0.29, 0.717) is 36.4 Å². The lowest BCUT2D eigenvalue weighted by Crippen LogP contribution is -2.49. The van der Waals surface area contributed by atoms with Gasteiger partial charge in [0, 0.05) is 25.3 Å². The van der Waals surface area contributed by atoms with E-state index in [1.807, 2.05) is 11.9 Å². The first-order valence-corrected chi connectivity index (χ1v) is 6.60. The number of nitrogen functional groups attached to an aromatic ring is 1. The number of likely N-dealkylation sites (N-methyl/N-ethyl adjacent to an activating group) is 1. The zero-order valence-corrected chi connectivity index (χ0v) is 12.1. The number of methoxy groups -OCH3 is 1. The largest absolute Gasteiger partial charge is 0.465 e. The molecule has 114 valence electrons. The molecule has 1 heterocycles. The molecular formula is C14H19N3O4. The van der Waals surface area contributed by atoms with Crippen molar-refractivity contribution in [3.05, 3.63) is 29.3 Å². The summed E-state index contributed by atoms with van der Waals surface area (Å²) in [5.74, 6) is -0.497. The number of nitrogens with zero attached hydrogens (tertiary/aromatic N) is 2. The van der Waals surface area contributed by atoms with Crippen molar-refractivity contribution in [3.63, 3.8) is 0 Å². The first-order valence-electron chi connectivity index (χ1n) is 6.60. The molecular weight excluding hydrogens is 274 g/mol. The molecule has 1 aromatic carbocycles. The minimum atomic E-state index is -1.01. The highest BCUT2D eigenvalue weighted by atomic mass is 16.5. The van der Waals surface area contributed by atoms with E-state index in [1.165, 1.54) is 12.0 Å². The second-order valence-electron chi connectivity index (χ2n) is 5.09. The van der Waals surface area contributed by atoms with Crippen molar-refractivity contribution in [2.75, 3.05) is 39.5 Å². The number of carbonyl (C=O) groups excluding carboxylic acids is 1. The van der Waals surface area contributed by atoms with Crippen molar-refractivity contribution in [1.29, 1.82) is 0 Å². The van der Waals surface area contributed by atoms with Crippen LogP contribution < -0.4 is 5.73 Å². The molecule has 7 heteroatoms. The summed E-state index contributed by atoms with van der Waals surface area (Å²) >= 11 is 0. The molecule has 0 saturated carbocycles. The quantitative estimate of drug-likeness (QED) is 0.624. The van der Waals surface area contributed by atoms with Crippen molar-refractivity contribution in [2.45, 2.75) is 6.04 Å². The van der Waals surface area contributed by atoms with Gasteiger partial charge in [0.05, 0.1) is 18.7 Å². The van der Waals surface area contributed by atoms with E-state index in [9.17, 15) is 14.7 Å². The molecule has 0 radical (unpaired) electrons. The average molecular weight is 293 g/mol. The number of carboxylic acid groups (broad SMARTS) is 1. The van der Waals surface area contributed by atoms with Crippen LogP contribution in [0.15, 0.2) is 18.2 Å². The Hall–Kier alpha value is -2.28. The number of esters is 1. The number of rotatable bonds is 2. The van der Waals surface area contributed by atoms with E-state index in [-0.39, 0.29) is 0 Å². The maximum atomic E-state index is 11.9. The fourth-order valence-electron chi connectivity index (χ4n) is 2.57. The molecule has 1 aromatic rings. The van der Waals surface area contributed by atoms with Gasteiger partial charge >= 0.3 is 12.1 Å². The number of nitrogens with two attached hydrogens (primary N) is 1. The van der Waals surface area contributed by atoms with E-state index in [2.05, 4.69) is 0 Å². The second kappa shape index (κ2) is 6.01. The van der Waals surface area contributed by atoms with Gasteiger partial charge in [-0.25, -0.2) is 9.59 Å². The normalized spacial score (nSPS) is 19.3. The summed E-state index contributed by atoms with van der Waals surface area (Å²) in [6.07, 6.45) is -1.01. The van der Waals surface area contributed by atoms with E-state index < -0.39 is 18.1 Å². The Labute approximate surface area is 122 Å². The molecule has 2 rings (SSSR count). The number of hydrogen-bond donors (Lipinski definition) is 2. The molecule has 7 nitrogen and oxygen atoms in total. The zero-order chi connectivity index (χ0) is 15.6. The lowest BCUT2D eigenvalue weighted by Gasteiger charge is -2.39. The van der Waals surface area contributed by atoms with E-state index in [0.717, 1.165) is 0 Å². The third kappa shape index (κ3) is 3.08. The number of amides is 1. The molecule has 1 unspecified atom stereocenters. The summed E-state index contributed by atoms with van der Waals surface area (Å²) in [5, 5.41) is 9.37. The molecule has 21 heavy (non-hydrogen) atoms. The first-order chi connectivity index (χ1) is 9.93. The molecule has 0 aromatic heterocycles. The predicted molar refractivity (Wildman–Crippen MR) is 77.2 cm³/mol. The molecule has 1 aliphatic rings. The maximum absolute atomic E-state index is 11.9. The number of hydrogen-bond acceptors (Lipinski definition) is 5. The molecule has 0 aliphatic carbocycles. The summed E-state index contributed by atoms with van der Waals surface area (Å²) in [5.41, 5.74) is 7.21. The van der Waals surface area contributed by atoms with Crippen LogP contribution in [0.5, 0.6) is 0 Å². The third-order valence-electron chi connectivity index (χ3n) is 3.67. The van der Waals surface area contributed by atoms with Crippen molar-refractivity contribution >= 4 is 17.7 Å². The van der Waals surface area contributed by atoms with Gasteiger partial charge in [-0.3, -0.25) is 4.90 Å². The van der Waals surface area contributed by atoms with Crippen LogP contribution >= 0.6 is 0 Å². The molecule has 1 saturated heterocycles. The molecule has 1 amide bonds. The van der Waals surface area contributed by atoms with Gasteiger partial charge in [-0.15, -0.1) is 0 Å². The van der Waals surface area contributed by atoms with Gasteiger partial charge < -0.3 is 20.5 Å². The molecule has 1 atom stereocenters. The smallest absolute Gasteiger partial charge is 0.407 e. The highest BCUT2D eigenvalue weighted by Gasteiger charge is 2.32. The molecule has 0 spiro atoms. The van der Waals surface area contributed by atoms with Crippen LogP contribution in [0.1, 0.15) is 22.0 Å². The van der Waals surface area contributed by atoms with Crippen LogP contribution in [0.25, 0.3) is 0 Å². The van der Waals surface area contributed by atoms with E-state index in [1.54, 1.807) is 18.2 Å². The number of piperazine rings is 1. The SMILES string of the molecule is COC(=O)c1ccc(N)cc1C1CN(C)CCN1C(=O)O. The average Bonchev–Trinajstić information content (AvgIpc) is 2.46. The van der Waals surface area contributed by atoms with E-state index >= 15 is 0 Å². The fourth-order valence-corrected chi connectivity index (χ4v) is 2.57. The summed E-state index contributed by atoms with van der Waals surface area (Å²) in [7, 11) is 3.21. The maximum Gasteiger partial charge on any atom is 0.407 e. The van der Waals surface area contributed by atoms with Gasteiger partial charge in [-0.1, -0.05) is 0 Å². The van der Waals surface area contributed by atoms with Crippen LogP contribution in [0.2, 0.25) is 0 Å². The first kappa shape index (κ1) is 15.1. The molecule has 1 aliphatic heterocycles. The number of benzene rings is 1. The van der Waals surface area contributed by atoms with Crippen LogP contribution in [0.4, 0.5) is 10.5 Å². The molecule has 1 fully saturated rings. The van der Waals surface area contributed by atoms with Crippen molar-refractivity contribution in [2.24, 2.45) is 0 Å². The topological polar surface area (TPSA) is 96.1 Å². The number of carbonyl (C=O) groups is 2. The highest BCUT2D eigenvalue weighted by molar-refractivity contribution is 5.92. The Morgan fingerprint density at radius 2 is 2.10 bits per heavy atom. The minimum Gasteiger partial charge on any atom is -0.465 e. The summed E-state index contributed by atoms with van der Waals surface area (Å²) in [6, 6.07) is 4.38. The second-order valence-corrected chi connectivity index (χ2v) is 5.09. The lowest BCUT2D eigenvalue weighted by atomic mass is 9.96. The van der Waals surface area contributed by atoms with E-state index in [4.69, 9.17) is 10.5 Å². The van der Waals surface area contributed by atoms with Crippen molar-refractivity contribution in [3.8, 4) is 0 Å². The van der Waals surface area contributed by atoms with Crippen molar-refractivity contribution < 1.29 is 19.4 Å². The lowest BCUT2D eigenvalue weighted by molar-refractivity contribution is 0.0579. The van der Waals surface area contributed by atoms with Gasteiger partial charge in [-0.2, -0.15) is 0 Å². The van der Waals surface area contributed by atoms with Gasteiger partial charge in [-0.05, 0) is 30.8 Å². The van der Waals surface area contributed by atoms with Crippen molar-refractivity contribution in [1.82, 2.24) is 9.80 Å². The molecule has 3 N–H and O–H groups in total. The standard InChI is InChI=1S/C14H19N3O4/c1-16-5-6-17(14(19)20)12(8-16)11-7-9(15)3-4-10(11)13(18)21-2/h3-4,7,12H,5-6,8,15H2,1-2H3,(H,19,20). The Balaban J connectivity index is 2.48. The zero-order valence-electron chi connectivity index (χ0n) is 12.1.